The van der Waals surface area contributed by atoms with Crippen LogP contribution in [0.1, 0.15) is 50.2 Å². The molecule has 0 amide bonds. The Morgan fingerprint density at radius 1 is 1.19 bits per heavy atom. The van der Waals surface area contributed by atoms with E-state index in [1.165, 1.54) is 24.8 Å². The summed E-state index contributed by atoms with van der Waals surface area (Å²) in [5.74, 6) is 1.59. The first kappa shape index (κ1) is 11.7. The molecule has 0 saturated heterocycles. The maximum absolute atomic E-state index is 3.48. The fourth-order valence-corrected chi connectivity index (χ4v) is 2.15. The summed E-state index contributed by atoms with van der Waals surface area (Å²) in [6.07, 6.45) is 4.21. The van der Waals surface area contributed by atoms with E-state index in [-0.39, 0.29) is 0 Å². The Bertz CT molecular complexity index is 309. The monoisotopic (exact) mass is 217 g/mol. The summed E-state index contributed by atoms with van der Waals surface area (Å²) in [6, 6.07) is 9.19. The Morgan fingerprint density at radius 3 is 2.38 bits per heavy atom. The molecule has 1 aromatic carbocycles. The van der Waals surface area contributed by atoms with Crippen molar-refractivity contribution in [1.82, 2.24) is 5.32 Å². The minimum Gasteiger partial charge on any atom is -0.312 e. The minimum absolute atomic E-state index is 0.731. The van der Waals surface area contributed by atoms with Crippen molar-refractivity contribution < 1.29 is 0 Å². The zero-order valence-corrected chi connectivity index (χ0v) is 10.5. The van der Waals surface area contributed by atoms with Crippen LogP contribution in [0.5, 0.6) is 0 Å². The Kier molecular flexibility index (Phi) is 4.00. The lowest BCUT2D eigenvalue weighted by atomic mass is 9.80. The molecule has 88 valence electrons. The second-order valence-electron chi connectivity index (χ2n) is 5.39. The number of benzene rings is 1. The number of nitrogens with one attached hydrogen (secondary N) is 1. The third-order valence-electron chi connectivity index (χ3n) is 3.44. The van der Waals surface area contributed by atoms with Crippen molar-refractivity contribution >= 4 is 0 Å². The average Bonchev–Trinajstić information content (AvgIpc) is 2.17. The second-order valence-corrected chi connectivity index (χ2v) is 5.39. The highest BCUT2D eigenvalue weighted by Gasteiger charge is 2.18. The average molecular weight is 217 g/mol. The van der Waals surface area contributed by atoms with E-state index in [1.807, 2.05) is 0 Å². The summed E-state index contributed by atoms with van der Waals surface area (Å²) in [4.78, 5) is 0. The van der Waals surface area contributed by atoms with Crippen LogP contribution in [0.25, 0.3) is 0 Å². The van der Waals surface area contributed by atoms with Crippen LogP contribution in [0.2, 0.25) is 0 Å². The summed E-state index contributed by atoms with van der Waals surface area (Å²) in [5.41, 5.74) is 2.95. The van der Waals surface area contributed by atoms with Crippen molar-refractivity contribution in [2.24, 2.45) is 5.92 Å². The topological polar surface area (TPSA) is 12.0 Å². The van der Waals surface area contributed by atoms with Gasteiger partial charge in [0.25, 0.3) is 0 Å². The molecule has 0 unspecified atom stereocenters. The van der Waals surface area contributed by atoms with Gasteiger partial charge in [0, 0.05) is 6.54 Å². The van der Waals surface area contributed by atoms with Crippen LogP contribution in [0.3, 0.4) is 0 Å². The molecule has 1 aliphatic rings. The first-order chi connectivity index (χ1) is 7.75. The molecule has 0 radical (unpaired) electrons. The van der Waals surface area contributed by atoms with Crippen LogP contribution in [0.15, 0.2) is 24.3 Å². The van der Waals surface area contributed by atoms with Gasteiger partial charge in [0.15, 0.2) is 0 Å². The predicted octanol–water partition coefficient (Wildman–Crippen LogP) is 3.70. The highest BCUT2D eigenvalue weighted by molar-refractivity contribution is 5.26. The smallest absolute Gasteiger partial charge is 0.0205 e. The third-order valence-corrected chi connectivity index (χ3v) is 3.44. The zero-order valence-electron chi connectivity index (χ0n) is 10.5. The second kappa shape index (κ2) is 5.49. The Balaban J connectivity index is 1.82. The van der Waals surface area contributed by atoms with Crippen LogP contribution in [0, 0.1) is 5.92 Å². The lowest BCUT2D eigenvalue weighted by Gasteiger charge is -2.25. The van der Waals surface area contributed by atoms with Crippen LogP contribution >= 0.6 is 0 Å². The molecule has 1 aromatic rings. The maximum atomic E-state index is 3.48. The Hall–Kier alpha value is -0.820. The fraction of sp³-hybridized carbons (Fsp3) is 0.600. The first-order valence-corrected chi connectivity index (χ1v) is 6.55. The SMILES string of the molecule is CC(C)CNCc1ccc(C2CCC2)cc1. The standard InChI is InChI=1S/C15H23N/c1-12(2)10-16-11-13-6-8-15(9-7-13)14-4-3-5-14/h6-9,12,14,16H,3-5,10-11H2,1-2H3. The highest BCUT2D eigenvalue weighted by atomic mass is 14.8. The molecule has 16 heavy (non-hydrogen) atoms. The number of hydrogen-bond donors (Lipinski definition) is 1. The van der Waals surface area contributed by atoms with Gasteiger partial charge < -0.3 is 5.32 Å². The van der Waals surface area contributed by atoms with Crippen molar-refractivity contribution in [2.75, 3.05) is 6.54 Å². The van der Waals surface area contributed by atoms with Gasteiger partial charge in [-0.15, -0.1) is 0 Å². The molecule has 0 atom stereocenters. The van der Waals surface area contributed by atoms with Gasteiger partial charge in [0.05, 0.1) is 0 Å². The van der Waals surface area contributed by atoms with Crippen LogP contribution in [-0.4, -0.2) is 6.54 Å². The minimum atomic E-state index is 0.731. The van der Waals surface area contributed by atoms with Gasteiger partial charge in [0.2, 0.25) is 0 Å². The highest BCUT2D eigenvalue weighted by Crippen LogP contribution is 2.36. The van der Waals surface area contributed by atoms with Crippen LogP contribution < -0.4 is 5.32 Å². The summed E-state index contributed by atoms with van der Waals surface area (Å²) in [7, 11) is 0. The summed E-state index contributed by atoms with van der Waals surface area (Å²) >= 11 is 0. The van der Waals surface area contributed by atoms with Gasteiger partial charge in [-0.1, -0.05) is 44.5 Å². The molecule has 1 aliphatic carbocycles. The number of rotatable bonds is 5. The van der Waals surface area contributed by atoms with E-state index < -0.39 is 0 Å². The van der Waals surface area contributed by atoms with E-state index in [0.29, 0.717) is 0 Å². The van der Waals surface area contributed by atoms with Gasteiger partial charge in [-0.05, 0) is 42.3 Å². The predicted molar refractivity (Wildman–Crippen MR) is 69.6 cm³/mol. The lowest BCUT2D eigenvalue weighted by Crippen LogP contribution is -2.19. The van der Waals surface area contributed by atoms with Crippen molar-refractivity contribution in [3.05, 3.63) is 35.4 Å². The lowest BCUT2D eigenvalue weighted by molar-refractivity contribution is 0.419. The molecule has 1 saturated carbocycles. The molecule has 0 bridgehead atoms. The van der Waals surface area contributed by atoms with Crippen molar-refractivity contribution in [3.63, 3.8) is 0 Å². The molecule has 2 rings (SSSR count). The van der Waals surface area contributed by atoms with Gasteiger partial charge >= 0.3 is 0 Å². The summed E-state index contributed by atoms with van der Waals surface area (Å²) in [5, 5.41) is 3.48. The molecule has 1 N–H and O–H groups in total. The number of hydrogen-bond acceptors (Lipinski definition) is 1. The summed E-state index contributed by atoms with van der Waals surface area (Å²) in [6.45, 7) is 6.59. The third kappa shape index (κ3) is 3.08. The molecule has 1 nitrogen and oxygen atoms in total. The molecule has 0 spiro atoms. The maximum Gasteiger partial charge on any atom is 0.0205 e. The van der Waals surface area contributed by atoms with Crippen molar-refractivity contribution in [1.29, 1.82) is 0 Å². The van der Waals surface area contributed by atoms with E-state index in [1.54, 1.807) is 5.56 Å². The molecule has 0 heterocycles. The van der Waals surface area contributed by atoms with E-state index in [0.717, 1.165) is 24.9 Å². The molecule has 0 aromatic heterocycles. The molecule has 1 heteroatoms. The van der Waals surface area contributed by atoms with Crippen LogP contribution in [-0.2, 0) is 6.54 Å². The zero-order chi connectivity index (χ0) is 11.4. The van der Waals surface area contributed by atoms with Crippen molar-refractivity contribution in [3.8, 4) is 0 Å². The van der Waals surface area contributed by atoms with Crippen LogP contribution in [0.4, 0.5) is 0 Å². The normalized spacial score (nSPS) is 16.4. The summed E-state index contributed by atoms with van der Waals surface area (Å²) < 4.78 is 0. The van der Waals surface area contributed by atoms with Gasteiger partial charge in [-0.3, -0.25) is 0 Å². The molecule has 0 aliphatic heterocycles. The fourth-order valence-electron chi connectivity index (χ4n) is 2.15. The Morgan fingerprint density at radius 2 is 1.88 bits per heavy atom. The van der Waals surface area contributed by atoms with E-state index in [9.17, 15) is 0 Å². The first-order valence-electron chi connectivity index (χ1n) is 6.55. The van der Waals surface area contributed by atoms with E-state index >= 15 is 0 Å². The van der Waals surface area contributed by atoms with Gasteiger partial charge in [0.1, 0.15) is 0 Å². The largest absolute Gasteiger partial charge is 0.312 e. The molecular weight excluding hydrogens is 194 g/mol. The van der Waals surface area contributed by atoms with E-state index in [2.05, 4.69) is 43.4 Å². The van der Waals surface area contributed by atoms with E-state index in [4.69, 9.17) is 0 Å². The van der Waals surface area contributed by atoms with Gasteiger partial charge in [-0.25, -0.2) is 0 Å². The quantitative estimate of drug-likeness (QED) is 0.793. The Labute approximate surface area is 99.3 Å². The molecule has 1 fully saturated rings. The van der Waals surface area contributed by atoms with Gasteiger partial charge in [-0.2, -0.15) is 0 Å². The van der Waals surface area contributed by atoms with Crippen molar-refractivity contribution in [2.45, 2.75) is 45.6 Å². The molecular formula is C15H23N.